The van der Waals surface area contributed by atoms with Crippen molar-refractivity contribution in [3.05, 3.63) is 35.9 Å². The zero-order chi connectivity index (χ0) is 19.0. The zero-order valence-electron chi connectivity index (χ0n) is 16.5. The van der Waals surface area contributed by atoms with Gasteiger partial charge in [-0.1, -0.05) is 58.0 Å². The van der Waals surface area contributed by atoms with E-state index in [9.17, 15) is 9.90 Å². The SMILES string of the molecule is C[C@@H](C[C@@H](COCc1ccccc1)C(C)(C)C)C(O[SiH](C)C)C(=O)O. The van der Waals surface area contributed by atoms with Gasteiger partial charge in [-0.2, -0.15) is 0 Å². The molecule has 0 spiro atoms. The fourth-order valence-corrected chi connectivity index (χ4v) is 3.84. The molecular formula is C20H34O4Si. The Morgan fingerprint density at radius 1 is 1.20 bits per heavy atom. The molecule has 1 rings (SSSR count). The third kappa shape index (κ3) is 8.16. The van der Waals surface area contributed by atoms with Gasteiger partial charge in [0.25, 0.3) is 0 Å². The number of carboxylic acids is 1. The van der Waals surface area contributed by atoms with Crippen LogP contribution in [0.4, 0.5) is 0 Å². The van der Waals surface area contributed by atoms with E-state index in [0.717, 1.165) is 12.0 Å². The number of rotatable bonds is 10. The summed E-state index contributed by atoms with van der Waals surface area (Å²) >= 11 is 0. The van der Waals surface area contributed by atoms with Crippen molar-refractivity contribution < 1.29 is 19.1 Å². The maximum atomic E-state index is 11.6. The molecule has 0 aromatic heterocycles. The van der Waals surface area contributed by atoms with Gasteiger partial charge in [-0.15, -0.1) is 0 Å². The van der Waals surface area contributed by atoms with Crippen LogP contribution in [0.25, 0.3) is 0 Å². The van der Waals surface area contributed by atoms with Crippen LogP contribution >= 0.6 is 0 Å². The Balaban J connectivity index is 2.66. The first-order valence-electron chi connectivity index (χ1n) is 9.11. The third-order valence-electron chi connectivity index (χ3n) is 4.49. The molecule has 0 fully saturated rings. The van der Waals surface area contributed by atoms with Gasteiger partial charge in [-0.25, -0.2) is 4.79 Å². The van der Waals surface area contributed by atoms with E-state index in [2.05, 4.69) is 32.9 Å². The van der Waals surface area contributed by atoms with Crippen LogP contribution in [0.5, 0.6) is 0 Å². The summed E-state index contributed by atoms with van der Waals surface area (Å²) in [5.41, 5.74) is 1.20. The van der Waals surface area contributed by atoms with E-state index in [-0.39, 0.29) is 17.3 Å². The summed E-state index contributed by atoms with van der Waals surface area (Å²) in [7, 11) is -1.40. The lowest BCUT2D eigenvalue weighted by molar-refractivity contribution is -0.148. The first kappa shape index (κ1) is 21.9. The first-order valence-corrected chi connectivity index (χ1v) is 11.9. The van der Waals surface area contributed by atoms with Gasteiger partial charge in [0.15, 0.2) is 9.04 Å². The minimum atomic E-state index is -1.40. The highest BCUT2D eigenvalue weighted by molar-refractivity contribution is 6.48. The predicted octanol–water partition coefficient (Wildman–Crippen LogP) is 4.34. The molecule has 0 bridgehead atoms. The molecule has 5 heteroatoms. The van der Waals surface area contributed by atoms with E-state index in [1.807, 2.05) is 38.2 Å². The number of ether oxygens (including phenoxy) is 1. The number of benzene rings is 1. The van der Waals surface area contributed by atoms with Crippen molar-refractivity contribution in [2.75, 3.05) is 6.61 Å². The van der Waals surface area contributed by atoms with E-state index < -0.39 is 21.1 Å². The highest BCUT2D eigenvalue weighted by Gasteiger charge is 2.33. The lowest BCUT2D eigenvalue weighted by atomic mass is 9.75. The van der Waals surface area contributed by atoms with Crippen LogP contribution in [0.15, 0.2) is 30.3 Å². The molecule has 1 unspecified atom stereocenters. The molecule has 0 saturated carbocycles. The van der Waals surface area contributed by atoms with Gasteiger partial charge in [0.1, 0.15) is 6.10 Å². The van der Waals surface area contributed by atoms with Gasteiger partial charge in [0.2, 0.25) is 0 Å². The lowest BCUT2D eigenvalue weighted by Gasteiger charge is -2.34. The van der Waals surface area contributed by atoms with Crippen LogP contribution in [0.2, 0.25) is 13.1 Å². The summed E-state index contributed by atoms with van der Waals surface area (Å²) in [6.07, 6.45) is 0.0572. The molecule has 1 aromatic carbocycles. The van der Waals surface area contributed by atoms with Crippen molar-refractivity contribution in [2.45, 2.75) is 59.9 Å². The van der Waals surface area contributed by atoms with Crippen LogP contribution in [0.3, 0.4) is 0 Å². The summed E-state index contributed by atoms with van der Waals surface area (Å²) < 4.78 is 11.7. The Morgan fingerprint density at radius 3 is 2.28 bits per heavy atom. The Morgan fingerprint density at radius 2 is 1.80 bits per heavy atom. The minimum Gasteiger partial charge on any atom is -0.479 e. The molecule has 0 amide bonds. The van der Waals surface area contributed by atoms with E-state index >= 15 is 0 Å². The molecule has 1 N–H and O–H groups in total. The molecular weight excluding hydrogens is 332 g/mol. The molecule has 25 heavy (non-hydrogen) atoms. The average Bonchev–Trinajstić information content (AvgIpc) is 2.51. The quantitative estimate of drug-likeness (QED) is 0.626. The van der Waals surface area contributed by atoms with E-state index in [1.54, 1.807) is 0 Å². The molecule has 1 aromatic rings. The van der Waals surface area contributed by atoms with Crippen LogP contribution in [0, 0.1) is 17.3 Å². The summed E-state index contributed by atoms with van der Waals surface area (Å²) in [6.45, 7) is 13.7. The fraction of sp³-hybridized carbons (Fsp3) is 0.650. The largest absolute Gasteiger partial charge is 0.479 e. The van der Waals surface area contributed by atoms with Crippen molar-refractivity contribution in [3.8, 4) is 0 Å². The van der Waals surface area contributed by atoms with Crippen molar-refractivity contribution in [3.63, 3.8) is 0 Å². The van der Waals surface area contributed by atoms with Crippen molar-refractivity contribution in [1.82, 2.24) is 0 Å². The standard InChI is InChI=1S/C20H34O4Si/c1-15(18(19(21)22)24-25(5)6)12-17(20(2,3)4)14-23-13-16-10-8-7-9-11-16/h7-11,15,17-18,25H,12-14H2,1-6H3,(H,21,22)/t15-,17-,18?/m0/s1. The third-order valence-corrected chi connectivity index (χ3v) is 5.33. The van der Waals surface area contributed by atoms with Gasteiger partial charge in [0.05, 0.1) is 13.2 Å². The smallest absolute Gasteiger partial charge is 0.331 e. The lowest BCUT2D eigenvalue weighted by Crippen LogP contribution is -2.38. The highest BCUT2D eigenvalue weighted by Crippen LogP contribution is 2.33. The van der Waals surface area contributed by atoms with Crippen molar-refractivity contribution in [2.24, 2.45) is 17.3 Å². The van der Waals surface area contributed by atoms with Gasteiger partial charge >= 0.3 is 5.97 Å². The number of carbonyl (C=O) groups is 1. The molecule has 3 atom stereocenters. The molecule has 142 valence electrons. The summed E-state index contributed by atoms with van der Waals surface area (Å²) in [6, 6.07) is 10.1. The Labute approximate surface area is 154 Å². The molecule has 0 aliphatic rings. The Bertz CT molecular complexity index is 510. The van der Waals surface area contributed by atoms with Gasteiger partial charge in [-0.05, 0) is 42.3 Å². The zero-order valence-corrected chi connectivity index (χ0v) is 17.6. The molecule has 0 aliphatic heterocycles. The fourth-order valence-electron chi connectivity index (χ4n) is 2.87. The monoisotopic (exact) mass is 366 g/mol. The van der Waals surface area contributed by atoms with Crippen LogP contribution in [0.1, 0.15) is 39.7 Å². The van der Waals surface area contributed by atoms with Crippen LogP contribution in [-0.4, -0.2) is 32.8 Å². The van der Waals surface area contributed by atoms with Crippen LogP contribution < -0.4 is 0 Å². The topological polar surface area (TPSA) is 55.8 Å². The summed E-state index contributed by atoms with van der Waals surface area (Å²) in [5, 5.41) is 9.50. The number of carboxylic acid groups (broad SMARTS) is 1. The van der Waals surface area contributed by atoms with E-state index in [4.69, 9.17) is 9.16 Å². The number of hydrogen-bond acceptors (Lipinski definition) is 3. The second-order valence-electron chi connectivity index (χ2n) is 8.22. The summed E-state index contributed by atoms with van der Waals surface area (Å²) in [5.74, 6) is -0.631. The van der Waals surface area contributed by atoms with E-state index in [1.165, 1.54) is 0 Å². The first-order chi connectivity index (χ1) is 11.6. The Kier molecular flexibility index (Phi) is 8.83. The predicted molar refractivity (Wildman–Crippen MR) is 104 cm³/mol. The molecule has 4 nitrogen and oxygen atoms in total. The minimum absolute atomic E-state index is 0.0445. The molecule has 0 heterocycles. The number of hydrogen-bond donors (Lipinski definition) is 1. The maximum Gasteiger partial charge on any atom is 0.331 e. The van der Waals surface area contributed by atoms with Gasteiger partial charge in [-0.3, -0.25) is 0 Å². The van der Waals surface area contributed by atoms with Crippen molar-refractivity contribution >= 4 is 15.0 Å². The second kappa shape index (κ2) is 10.1. The molecule has 0 radical (unpaired) electrons. The maximum absolute atomic E-state index is 11.6. The normalized spacial score (nSPS) is 15.8. The summed E-state index contributed by atoms with van der Waals surface area (Å²) in [4.78, 5) is 11.6. The highest BCUT2D eigenvalue weighted by atomic mass is 28.3. The Hall–Kier alpha value is -1.17. The van der Waals surface area contributed by atoms with Crippen LogP contribution in [-0.2, 0) is 20.6 Å². The molecule has 0 aliphatic carbocycles. The van der Waals surface area contributed by atoms with E-state index in [0.29, 0.717) is 13.2 Å². The second-order valence-corrected chi connectivity index (χ2v) is 10.6. The molecule has 0 saturated heterocycles. The van der Waals surface area contributed by atoms with Gasteiger partial charge in [0, 0.05) is 0 Å². The van der Waals surface area contributed by atoms with Crippen molar-refractivity contribution in [1.29, 1.82) is 0 Å². The van der Waals surface area contributed by atoms with Gasteiger partial charge < -0.3 is 14.3 Å². The average molecular weight is 367 g/mol. The number of aliphatic carboxylic acids is 1.